The van der Waals surface area contributed by atoms with Crippen LogP contribution in [0, 0.1) is 28.9 Å². The summed E-state index contributed by atoms with van der Waals surface area (Å²) in [6.45, 7) is 3.11. The van der Waals surface area contributed by atoms with Gasteiger partial charge in [-0.25, -0.2) is 4.90 Å². The molecular weight excluding hydrogens is 426 g/mol. The Balaban J connectivity index is 1.61. The van der Waals surface area contributed by atoms with Crippen LogP contribution in [0.25, 0.3) is 6.08 Å². The molecule has 0 N–H and O–H groups in total. The molecule has 9 heteroatoms. The maximum absolute atomic E-state index is 13.6. The van der Waals surface area contributed by atoms with Crippen LogP contribution in [0.5, 0.6) is 5.75 Å². The van der Waals surface area contributed by atoms with Gasteiger partial charge in [-0.05, 0) is 37.6 Å². The van der Waals surface area contributed by atoms with E-state index in [1.807, 2.05) is 29.2 Å². The number of fused-ring (bicyclic) bond motifs is 5. The van der Waals surface area contributed by atoms with E-state index in [9.17, 15) is 24.5 Å². The highest BCUT2D eigenvalue weighted by molar-refractivity contribution is 6.25. The number of Topliss-reactive ketones (excluding diaryl/α,β-unsaturated/α-hetero) is 1. The van der Waals surface area contributed by atoms with E-state index < -0.39 is 40.7 Å². The van der Waals surface area contributed by atoms with E-state index in [1.165, 1.54) is 25.1 Å². The molecule has 2 aromatic rings. The first kappa shape index (κ1) is 20.9. The third-order valence-electron chi connectivity index (χ3n) is 6.77. The van der Waals surface area contributed by atoms with Crippen LogP contribution >= 0.6 is 0 Å². The molecule has 2 aromatic carbocycles. The molecule has 0 saturated carbocycles. The molecule has 2 amide bonds. The van der Waals surface area contributed by atoms with Gasteiger partial charge >= 0.3 is 0 Å². The summed E-state index contributed by atoms with van der Waals surface area (Å²) in [6.07, 6.45) is 3.72. The fourth-order valence-corrected chi connectivity index (χ4v) is 5.33. The minimum Gasteiger partial charge on any atom is -0.497 e. The number of ketones is 1. The average Bonchev–Trinajstić information content (AvgIpc) is 3.26. The molecule has 33 heavy (non-hydrogen) atoms. The number of carbonyl (C=O) groups is 3. The monoisotopic (exact) mass is 447 g/mol. The predicted molar refractivity (Wildman–Crippen MR) is 120 cm³/mol. The number of rotatable bonds is 4. The number of carbonyl (C=O) groups excluding carboxylic acids is 3. The van der Waals surface area contributed by atoms with Gasteiger partial charge in [0.15, 0.2) is 5.78 Å². The second kappa shape index (κ2) is 7.26. The van der Waals surface area contributed by atoms with E-state index in [1.54, 1.807) is 20.1 Å². The maximum atomic E-state index is 13.6. The van der Waals surface area contributed by atoms with E-state index in [-0.39, 0.29) is 17.2 Å². The molecule has 2 saturated heterocycles. The molecule has 3 heterocycles. The summed E-state index contributed by atoms with van der Waals surface area (Å²) in [5, 5.41) is 11.3. The fourth-order valence-electron chi connectivity index (χ4n) is 5.33. The van der Waals surface area contributed by atoms with E-state index in [4.69, 9.17) is 4.74 Å². The summed E-state index contributed by atoms with van der Waals surface area (Å²) in [5.74, 6) is -2.16. The van der Waals surface area contributed by atoms with Crippen molar-refractivity contribution in [3.05, 3.63) is 63.7 Å². The van der Waals surface area contributed by atoms with Crippen molar-refractivity contribution in [3.8, 4) is 5.75 Å². The van der Waals surface area contributed by atoms with Crippen LogP contribution in [-0.4, -0.2) is 41.7 Å². The van der Waals surface area contributed by atoms with Crippen LogP contribution in [0.1, 0.15) is 18.1 Å². The van der Waals surface area contributed by atoms with Crippen LogP contribution in [0.15, 0.2) is 42.5 Å². The minimum atomic E-state index is -0.878. The van der Waals surface area contributed by atoms with Gasteiger partial charge in [0.2, 0.25) is 11.8 Å². The van der Waals surface area contributed by atoms with Crippen LogP contribution < -0.4 is 14.5 Å². The van der Waals surface area contributed by atoms with Gasteiger partial charge in [-0.15, -0.1) is 0 Å². The van der Waals surface area contributed by atoms with Crippen molar-refractivity contribution in [2.24, 2.45) is 11.8 Å². The van der Waals surface area contributed by atoms with Gasteiger partial charge in [0.05, 0.1) is 35.6 Å². The molecule has 0 aromatic heterocycles. The van der Waals surface area contributed by atoms with E-state index in [0.717, 1.165) is 16.2 Å². The van der Waals surface area contributed by atoms with Crippen molar-refractivity contribution >= 4 is 40.7 Å². The molecule has 2 fully saturated rings. The molecule has 3 aliphatic rings. The summed E-state index contributed by atoms with van der Waals surface area (Å²) in [4.78, 5) is 53.6. The smallest absolute Gasteiger partial charge is 0.271 e. The highest BCUT2D eigenvalue weighted by Gasteiger charge is 2.63. The number of ether oxygens (including phenoxy) is 1. The fraction of sp³-hybridized carbons (Fsp3) is 0.292. The Morgan fingerprint density at radius 1 is 1.06 bits per heavy atom. The van der Waals surface area contributed by atoms with Gasteiger partial charge in [-0.3, -0.25) is 24.5 Å². The lowest BCUT2D eigenvalue weighted by molar-refractivity contribution is -0.384. The highest BCUT2D eigenvalue weighted by Crippen LogP contribution is 2.50. The Labute approximate surface area is 189 Å². The molecule has 5 rings (SSSR count). The zero-order valence-corrected chi connectivity index (χ0v) is 18.2. The summed E-state index contributed by atoms with van der Waals surface area (Å²) < 4.78 is 5.29. The molecule has 4 atom stereocenters. The molecule has 0 radical (unpaired) electrons. The second-order valence-corrected chi connectivity index (χ2v) is 8.53. The Bertz CT molecular complexity index is 1270. The Hall–Kier alpha value is -4.01. The number of nitrogens with zero attached hydrogens (tertiary/aromatic N) is 3. The molecular formula is C24H21N3O6. The number of nitro benzene ring substituents is 1. The van der Waals surface area contributed by atoms with Crippen LogP contribution in [0.3, 0.4) is 0 Å². The first-order chi connectivity index (χ1) is 15.7. The molecule has 0 spiro atoms. The molecule has 3 aliphatic heterocycles. The first-order valence-corrected chi connectivity index (χ1v) is 10.5. The highest BCUT2D eigenvalue weighted by atomic mass is 16.6. The van der Waals surface area contributed by atoms with Crippen LogP contribution in [-0.2, 0) is 14.4 Å². The summed E-state index contributed by atoms with van der Waals surface area (Å²) >= 11 is 0. The molecule has 0 bridgehead atoms. The van der Waals surface area contributed by atoms with Crippen LogP contribution in [0.4, 0.5) is 17.1 Å². The number of aryl methyl sites for hydroxylation is 1. The third kappa shape index (κ3) is 2.88. The number of non-ortho nitro benzene ring substituents is 1. The predicted octanol–water partition coefficient (Wildman–Crippen LogP) is 2.89. The number of hydrogen-bond donors (Lipinski definition) is 0. The average molecular weight is 447 g/mol. The Morgan fingerprint density at radius 3 is 2.45 bits per heavy atom. The summed E-state index contributed by atoms with van der Waals surface area (Å²) in [6, 6.07) is 8.24. The second-order valence-electron chi connectivity index (χ2n) is 8.53. The quantitative estimate of drug-likeness (QED) is 0.403. The van der Waals surface area contributed by atoms with Crippen LogP contribution in [0.2, 0.25) is 0 Å². The molecule has 168 valence electrons. The zero-order valence-electron chi connectivity index (χ0n) is 18.2. The lowest BCUT2D eigenvalue weighted by Crippen LogP contribution is -2.48. The molecule has 0 unspecified atom stereocenters. The van der Waals surface area contributed by atoms with Gasteiger partial charge in [0.1, 0.15) is 11.8 Å². The number of anilines is 2. The summed E-state index contributed by atoms with van der Waals surface area (Å²) in [7, 11) is 1.57. The number of benzene rings is 2. The van der Waals surface area contributed by atoms with Gasteiger partial charge < -0.3 is 9.64 Å². The van der Waals surface area contributed by atoms with Crippen molar-refractivity contribution in [1.82, 2.24) is 0 Å². The number of imide groups is 1. The van der Waals surface area contributed by atoms with Crippen molar-refractivity contribution in [2.75, 3.05) is 16.9 Å². The van der Waals surface area contributed by atoms with Gasteiger partial charge in [-0.2, -0.15) is 0 Å². The largest absolute Gasteiger partial charge is 0.497 e. The van der Waals surface area contributed by atoms with Crippen molar-refractivity contribution in [1.29, 1.82) is 0 Å². The Kier molecular flexibility index (Phi) is 4.59. The molecule has 9 nitrogen and oxygen atoms in total. The van der Waals surface area contributed by atoms with Crippen molar-refractivity contribution in [2.45, 2.75) is 25.9 Å². The number of hydrogen-bond acceptors (Lipinski definition) is 7. The lowest BCUT2D eigenvalue weighted by Gasteiger charge is -2.36. The lowest BCUT2D eigenvalue weighted by atomic mass is 9.88. The maximum Gasteiger partial charge on any atom is 0.271 e. The zero-order chi connectivity index (χ0) is 23.6. The normalized spacial score (nSPS) is 25.1. The number of methoxy groups -OCH3 is 1. The topological polar surface area (TPSA) is 110 Å². The van der Waals surface area contributed by atoms with E-state index in [2.05, 4.69) is 0 Å². The minimum absolute atomic E-state index is 0.187. The van der Waals surface area contributed by atoms with Crippen molar-refractivity contribution < 1.29 is 24.0 Å². The molecule has 0 aliphatic carbocycles. The van der Waals surface area contributed by atoms with Crippen molar-refractivity contribution in [3.63, 3.8) is 0 Å². The standard InChI is InChI=1S/C24H21N3O6/c1-12-4-6-15(27(31)32)11-19(12)26-23(29)20-18-8-5-14-10-16(33-3)7-9-17(14)25(18)22(13(2)28)21(20)24(26)30/h4-11,18,20-22H,1-3H3/t18-,20-,21+,22+/m0/s1. The van der Waals surface area contributed by atoms with Gasteiger partial charge in [0, 0.05) is 23.4 Å². The SMILES string of the molecule is COc1ccc2c(c1)C=C[C@H]1[C@@H]3C(=O)N(c4cc([N+](=O)[O-])ccc4C)C(=O)[C@H]3[C@@H](C(C)=O)N21. The van der Waals surface area contributed by atoms with E-state index in [0.29, 0.717) is 11.3 Å². The first-order valence-electron chi connectivity index (χ1n) is 10.5. The Morgan fingerprint density at radius 2 is 1.79 bits per heavy atom. The van der Waals surface area contributed by atoms with Gasteiger partial charge in [-0.1, -0.05) is 18.2 Å². The van der Waals surface area contributed by atoms with E-state index >= 15 is 0 Å². The number of nitro groups is 1. The summed E-state index contributed by atoms with van der Waals surface area (Å²) in [5.41, 5.74) is 2.14. The number of amides is 2. The van der Waals surface area contributed by atoms with Gasteiger partial charge in [0.25, 0.3) is 5.69 Å². The third-order valence-corrected chi connectivity index (χ3v) is 6.77.